The van der Waals surface area contributed by atoms with Crippen LogP contribution in [0.1, 0.15) is 96.9 Å². The zero-order chi connectivity index (χ0) is 46.3. The van der Waals surface area contributed by atoms with Crippen LogP contribution in [0.15, 0.2) is 66.9 Å². The van der Waals surface area contributed by atoms with Gasteiger partial charge < -0.3 is 40.2 Å². The summed E-state index contributed by atoms with van der Waals surface area (Å²) in [6.45, 7) is 4.53. The second kappa shape index (κ2) is 21.3. The fourth-order valence-electron chi connectivity index (χ4n) is 9.66. The van der Waals surface area contributed by atoms with Gasteiger partial charge >= 0.3 is 0 Å². The summed E-state index contributed by atoms with van der Waals surface area (Å²) in [4.78, 5) is 71.7. The second-order valence-electron chi connectivity index (χ2n) is 17.5. The molecule has 3 aromatic carbocycles. The van der Waals surface area contributed by atoms with Crippen molar-refractivity contribution in [1.82, 2.24) is 20.1 Å². The molecule has 8 rings (SSSR count). The molecule has 15 nitrogen and oxygen atoms in total. The topological polar surface area (TPSA) is 189 Å². The summed E-state index contributed by atoms with van der Waals surface area (Å²) in [6, 6.07) is 16.1. The third kappa shape index (κ3) is 10.8. The number of aliphatic hydroxyl groups excluding tert-OH is 1. The van der Waals surface area contributed by atoms with Crippen molar-refractivity contribution in [2.75, 3.05) is 56.7 Å². The standard InChI is InChI=1S/C49H56ClFN6O9/c1-29(30-5-7-31(8-6-30)35-15-19-52-39-12-9-32(51)27-37(35)39)46(60)54-33-10-11-38(50)42(28-33)66-34-16-21-56(22-17-34)44(59)18-23-64-25-26-65-24-20-53-40-4-2-3-36-45(40)49(63)57(48(36)62)41-13-14-43(58)55-47(41)61/h2-4,9-12,15,19,27-31,34,41,47,53,61H,5-8,13-14,16-18,20-26H2,1H3,(H,54,60)(H,55,58)/t29-,30?,31?,41?,47?/m1/s1. The predicted molar refractivity (Wildman–Crippen MR) is 245 cm³/mol. The summed E-state index contributed by atoms with van der Waals surface area (Å²) in [6.07, 6.45) is 5.72. The van der Waals surface area contributed by atoms with Crippen LogP contribution in [0.5, 0.6) is 5.75 Å². The lowest BCUT2D eigenvalue weighted by Crippen LogP contribution is -2.57. The molecule has 4 heterocycles. The Morgan fingerprint density at radius 1 is 0.924 bits per heavy atom. The number of halogens is 2. The minimum atomic E-state index is -1.33. The molecule has 4 aliphatic rings. The number of aromatic nitrogens is 1. The number of likely N-dealkylation sites (tertiary alicyclic amines) is 1. The number of amides is 5. The van der Waals surface area contributed by atoms with E-state index in [-0.39, 0.29) is 78.5 Å². The smallest absolute Gasteiger partial charge is 0.264 e. The number of nitrogens with zero attached hydrogens (tertiary/aromatic N) is 3. The van der Waals surface area contributed by atoms with Crippen LogP contribution in [-0.2, 0) is 23.9 Å². The minimum Gasteiger partial charge on any atom is -0.489 e. The van der Waals surface area contributed by atoms with Crippen molar-refractivity contribution in [3.8, 4) is 5.75 Å². The summed E-state index contributed by atoms with van der Waals surface area (Å²) in [5.41, 5.74) is 3.46. The molecule has 1 saturated carbocycles. The van der Waals surface area contributed by atoms with Gasteiger partial charge in [-0.1, -0.05) is 24.6 Å². The van der Waals surface area contributed by atoms with Crippen LogP contribution >= 0.6 is 11.6 Å². The molecule has 4 N–H and O–H groups in total. The van der Waals surface area contributed by atoms with Crippen LogP contribution in [-0.4, -0.2) is 114 Å². The highest BCUT2D eigenvalue weighted by Crippen LogP contribution is 2.41. The Labute approximate surface area is 387 Å². The maximum atomic E-state index is 14.1. The third-order valence-corrected chi connectivity index (χ3v) is 13.7. The molecule has 350 valence electrons. The highest BCUT2D eigenvalue weighted by molar-refractivity contribution is 6.32. The highest BCUT2D eigenvalue weighted by Gasteiger charge is 2.45. The van der Waals surface area contributed by atoms with Gasteiger partial charge in [-0.3, -0.25) is 33.9 Å². The molecule has 3 aliphatic heterocycles. The number of piperidine rings is 2. The van der Waals surface area contributed by atoms with E-state index >= 15 is 0 Å². The molecule has 17 heteroatoms. The van der Waals surface area contributed by atoms with Crippen LogP contribution in [0.3, 0.4) is 0 Å². The normalized spacial score (nSPS) is 21.7. The molecule has 4 aromatic rings. The number of hydrogen-bond acceptors (Lipinski definition) is 11. The van der Waals surface area contributed by atoms with Gasteiger partial charge in [0.2, 0.25) is 17.7 Å². The largest absolute Gasteiger partial charge is 0.489 e. The van der Waals surface area contributed by atoms with E-state index in [9.17, 15) is 33.5 Å². The molecule has 0 radical (unpaired) electrons. The van der Waals surface area contributed by atoms with Crippen molar-refractivity contribution >= 4 is 63.4 Å². The van der Waals surface area contributed by atoms with Crippen LogP contribution in [0.25, 0.3) is 10.9 Å². The number of carbonyl (C=O) groups is 5. The molecule has 1 aromatic heterocycles. The van der Waals surface area contributed by atoms with Gasteiger partial charge in [0.25, 0.3) is 11.8 Å². The van der Waals surface area contributed by atoms with Crippen molar-refractivity contribution in [3.63, 3.8) is 0 Å². The first-order valence-corrected chi connectivity index (χ1v) is 23.3. The summed E-state index contributed by atoms with van der Waals surface area (Å²) in [5.74, 6) is -0.900. The maximum absolute atomic E-state index is 14.1. The van der Waals surface area contributed by atoms with Crippen molar-refractivity contribution in [2.45, 2.75) is 89.0 Å². The summed E-state index contributed by atoms with van der Waals surface area (Å²) >= 11 is 6.54. The molecular formula is C49H56ClFN6O9. The van der Waals surface area contributed by atoms with Gasteiger partial charge in [-0.05, 0) is 98.0 Å². The Bertz CT molecular complexity index is 2440. The first-order valence-electron chi connectivity index (χ1n) is 22.9. The molecule has 2 unspecified atom stereocenters. The van der Waals surface area contributed by atoms with E-state index in [1.54, 1.807) is 54.7 Å². The molecule has 0 spiro atoms. The monoisotopic (exact) mass is 926 g/mol. The van der Waals surface area contributed by atoms with Gasteiger partial charge in [0.05, 0.1) is 60.6 Å². The van der Waals surface area contributed by atoms with Gasteiger partial charge in [-0.2, -0.15) is 0 Å². The van der Waals surface area contributed by atoms with Gasteiger partial charge in [0.15, 0.2) is 0 Å². The van der Waals surface area contributed by atoms with E-state index in [4.69, 9.17) is 25.8 Å². The van der Waals surface area contributed by atoms with Gasteiger partial charge in [0.1, 0.15) is 23.9 Å². The number of aliphatic hydroxyl groups is 1. The number of anilines is 2. The van der Waals surface area contributed by atoms with E-state index in [2.05, 4.69) is 20.9 Å². The predicted octanol–water partition coefficient (Wildman–Crippen LogP) is 6.67. The summed E-state index contributed by atoms with van der Waals surface area (Å²) in [5, 5.41) is 20.3. The first kappa shape index (κ1) is 46.8. The summed E-state index contributed by atoms with van der Waals surface area (Å²) in [7, 11) is 0. The Morgan fingerprint density at radius 2 is 1.70 bits per heavy atom. The molecule has 3 atom stereocenters. The molecule has 66 heavy (non-hydrogen) atoms. The highest BCUT2D eigenvalue weighted by atomic mass is 35.5. The number of nitrogens with one attached hydrogen (secondary N) is 3. The lowest BCUT2D eigenvalue weighted by molar-refractivity contribution is -0.134. The zero-order valence-corrected chi connectivity index (χ0v) is 37.7. The summed E-state index contributed by atoms with van der Waals surface area (Å²) < 4.78 is 31.7. The number of rotatable bonds is 17. The fourth-order valence-corrected chi connectivity index (χ4v) is 9.82. The van der Waals surface area contributed by atoms with Crippen LogP contribution in [0.4, 0.5) is 15.8 Å². The van der Waals surface area contributed by atoms with Crippen LogP contribution < -0.4 is 20.7 Å². The van der Waals surface area contributed by atoms with E-state index in [1.165, 1.54) is 6.07 Å². The van der Waals surface area contributed by atoms with E-state index in [1.807, 2.05) is 17.9 Å². The van der Waals surface area contributed by atoms with E-state index < -0.39 is 24.1 Å². The Morgan fingerprint density at radius 3 is 2.47 bits per heavy atom. The van der Waals surface area contributed by atoms with Crippen LogP contribution in [0.2, 0.25) is 5.02 Å². The van der Waals surface area contributed by atoms with E-state index in [0.717, 1.165) is 47.0 Å². The van der Waals surface area contributed by atoms with Crippen molar-refractivity contribution in [1.29, 1.82) is 0 Å². The number of benzene rings is 3. The van der Waals surface area contributed by atoms with E-state index in [0.29, 0.717) is 80.4 Å². The lowest BCUT2D eigenvalue weighted by Gasteiger charge is -2.33. The van der Waals surface area contributed by atoms with Crippen molar-refractivity contribution in [2.24, 2.45) is 11.8 Å². The number of carbonyl (C=O) groups excluding carboxylic acids is 5. The van der Waals surface area contributed by atoms with Gasteiger partial charge in [-0.25, -0.2) is 4.39 Å². The number of fused-ring (bicyclic) bond motifs is 2. The van der Waals surface area contributed by atoms with Crippen LogP contribution in [0, 0.1) is 17.7 Å². The average molecular weight is 927 g/mol. The molecule has 3 fully saturated rings. The molecule has 0 bridgehead atoms. The lowest BCUT2D eigenvalue weighted by atomic mass is 9.73. The molecule has 1 aliphatic carbocycles. The Balaban J connectivity index is 0.697. The van der Waals surface area contributed by atoms with Gasteiger partial charge in [-0.15, -0.1) is 0 Å². The second-order valence-corrected chi connectivity index (χ2v) is 17.9. The number of pyridine rings is 1. The fraction of sp³-hybridized carbons (Fsp3) is 0.469. The molecular weight excluding hydrogens is 871 g/mol. The van der Waals surface area contributed by atoms with Crippen molar-refractivity contribution in [3.05, 3.63) is 94.4 Å². The average Bonchev–Trinajstić information content (AvgIpc) is 3.57. The zero-order valence-electron chi connectivity index (χ0n) is 36.9. The number of imide groups is 1. The number of ether oxygens (including phenoxy) is 3. The first-order chi connectivity index (χ1) is 31.9. The molecule has 5 amide bonds. The van der Waals surface area contributed by atoms with Crippen molar-refractivity contribution < 1.29 is 47.7 Å². The maximum Gasteiger partial charge on any atom is 0.264 e. The minimum absolute atomic E-state index is 0.00472. The third-order valence-electron chi connectivity index (χ3n) is 13.4. The molecule has 2 saturated heterocycles. The van der Waals surface area contributed by atoms with Gasteiger partial charge in [0, 0.05) is 73.8 Å². The SMILES string of the molecule is C[C@@H](C(=O)Nc1ccc(Cl)c(OC2CCN(C(=O)CCOCCOCCNc3cccc4c3C(=O)N(C3CCC(=O)NC3O)C4=O)CC2)c1)C1CCC(c2ccnc3ccc(F)cc23)CC1. The number of hydrogen-bond donors (Lipinski definition) is 4. The quantitative estimate of drug-likeness (QED) is 0.0654. The Kier molecular flexibility index (Phi) is 15.1. The Hall–Kier alpha value is -5.68.